The average molecular weight is 671 g/mol. The number of hydrogen-bond donors (Lipinski definition) is 3. The topological polar surface area (TPSA) is 178 Å². The number of carbonyl (C=O) groups is 3. The SMILES string of the molecule is COc1ccc(C2c3sc(=O)[nH]c3SC3C4CC(C5C(=O)N(C(C)C(=O)Nc6ccc(S(N)(=O)=O)cc6)C(=O)C45)C23)cc1OC. The van der Waals surface area contributed by atoms with Crippen LogP contribution in [-0.2, 0) is 24.4 Å². The van der Waals surface area contributed by atoms with E-state index < -0.39 is 33.8 Å². The van der Waals surface area contributed by atoms with Gasteiger partial charge in [-0.05, 0) is 73.1 Å². The molecule has 0 spiro atoms. The first-order chi connectivity index (χ1) is 21.4. The quantitative estimate of drug-likeness (QED) is 0.319. The molecule has 3 amide bonds. The van der Waals surface area contributed by atoms with E-state index in [1.165, 1.54) is 42.5 Å². The fourth-order valence-corrected chi connectivity index (χ4v) is 11.3. The number of aromatic nitrogens is 1. The van der Waals surface area contributed by atoms with Crippen molar-refractivity contribution in [3.63, 3.8) is 0 Å². The van der Waals surface area contributed by atoms with E-state index in [4.69, 9.17) is 14.6 Å². The number of hydrogen-bond acceptors (Lipinski definition) is 10. The Morgan fingerprint density at radius 3 is 2.33 bits per heavy atom. The number of nitrogens with zero attached hydrogens (tertiary/aromatic N) is 1. The van der Waals surface area contributed by atoms with Crippen LogP contribution in [-0.4, -0.2) is 61.5 Å². The zero-order valence-electron chi connectivity index (χ0n) is 24.4. The van der Waals surface area contributed by atoms with Gasteiger partial charge in [-0.15, -0.1) is 11.8 Å². The van der Waals surface area contributed by atoms with Crippen molar-refractivity contribution in [1.29, 1.82) is 0 Å². The van der Waals surface area contributed by atoms with Crippen molar-refractivity contribution in [3.8, 4) is 11.5 Å². The van der Waals surface area contributed by atoms with Gasteiger partial charge < -0.3 is 19.8 Å². The summed E-state index contributed by atoms with van der Waals surface area (Å²) < 4.78 is 34.2. The fraction of sp³-hybridized carbons (Fsp3) is 0.400. The van der Waals surface area contributed by atoms with Crippen molar-refractivity contribution >= 4 is 56.5 Å². The third kappa shape index (κ3) is 4.62. The molecule has 3 aromatic rings. The first kappa shape index (κ1) is 30.0. The number of benzene rings is 2. The second-order valence-corrected chi connectivity index (χ2v) is 15.6. The zero-order chi connectivity index (χ0) is 31.9. The number of thioether (sulfide) groups is 1. The lowest BCUT2D eigenvalue weighted by atomic mass is 9.68. The maximum atomic E-state index is 14.0. The van der Waals surface area contributed by atoms with E-state index in [0.29, 0.717) is 23.6 Å². The number of primary sulfonamides is 1. The molecule has 1 saturated heterocycles. The van der Waals surface area contributed by atoms with Gasteiger partial charge in [-0.25, -0.2) is 13.6 Å². The number of sulfonamides is 1. The van der Waals surface area contributed by atoms with E-state index in [1.54, 1.807) is 26.0 Å². The second-order valence-electron chi connectivity index (χ2n) is 11.9. The number of likely N-dealkylation sites (tertiary alicyclic amines) is 1. The van der Waals surface area contributed by atoms with E-state index in [1.807, 2.05) is 18.2 Å². The summed E-state index contributed by atoms with van der Waals surface area (Å²) in [7, 11) is -0.766. The number of nitrogens with one attached hydrogen (secondary N) is 2. The molecule has 3 fully saturated rings. The van der Waals surface area contributed by atoms with Gasteiger partial charge in [-0.2, -0.15) is 0 Å². The van der Waals surface area contributed by atoms with Gasteiger partial charge in [0.25, 0.3) is 0 Å². The molecule has 7 rings (SSSR count). The third-order valence-electron chi connectivity index (χ3n) is 9.74. The van der Waals surface area contributed by atoms with E-state index in [9.17, 15) is 27.6 Å². The highest BCUT2D eigenvalue weighted by Crippen LogP contribution is 2.68. The van der Waals surface area contributed by atoms with Crippen molar-refractivity contribution in [3.05, 3.63) is 62.6 Å². The number of fused-ring (bicyclic) bond motifs is 9. The van der Waals surface area contributed by atoms with Gasteiger partial charge in [-0.1, -0.05) is 17.4 Å². The number of aromatic amines is 1. The van der Waals surface area contributed by atoms with E-state index >= 15 is 0 Å². The zero-order valence-corrected chi connectivity index (χ0v) is 26.8. The molecular formula is C30H30N4O8S3. The van der Waals surface area contributed by atoms with Gasteiger partial charge in [0.05, 0.1) is 36.0 Å². The Balaban J connectivity index is 1.18. The molecule has 0 radical (unpaired) electrons. The summed E-state index contributed by atoms with van der Waals surface area (Å²) in [6.07, 6.45) is 0.711. The molecule has 45 heavy (non-hydrogen) atoms. The largest absolute Gasteiger partial charge is 0.493 e. The summed E-state index contributed by atoms with van der Waals surface area (Å²) in [5, 5.41) is 8.62. The van der Waals surface area contributed by atoms with Crippen LogP contribution in [0.15, 0.2) is 57.2 Å². The Bertz CT molecular complexity index is 1910. The number of carbonyl (C=O) groups excluding carboxylic acids is 3. The Labute approximate surface area is 266 Å². The molecule has 236 valence electrons. The first-order valence-electron chi connectivity index (χ1n) is 14.3. The minimum absolute atomic E-state index is 0.00901. The summed E-state index contributed by atoms with van der Waals surface area (Å²) in [4.78, 5) is 58.5. The molecular weight excluding hydrogens is 641 g/mol. The molecule has 2 aromatic carbocycles. The van der Waals surface area contributed by atoms with Crippen LogP contribution in [0.2, 0.25) is 0 Å². The predicted octanol–water partition coefficient (Wildman–Crippen LogP) is 2.60. The van der Waals surface area contributed by atoms with Gasteiger partial charge in [0, 0.05) is 21.7 Å². The van der Waals surface area contributed by atoms with Crippen LogP contribution in [0.4, 0.5) is 5.69 Å². The predicted molar refractivity (Wildman–Crippen MR) is 166 cm³/mol. The molecule has 2 aliphatic carbocycles. The molecule has 4 N–H and O–H groups in total. The number of ether oxygens (including phenoxy) is 2. The molecule has 2 saturated carbocycles. The van der Waals surface area contributed by atoms with Crippen LogP contribution in [0.5, 0.6) is 11.5 Å². The molecule has 2 bridgehead atoms. The highest BCUT2D eigenvalue weighted by molar-refractivity contribution is 8.00. The molecule has 3 heterocycles. The minimum Gasteiger partial charge on any atom is -0.493 e. The van der Waals surface area contributed by atoms with Gasteiger partial charge in [0.2, 0.25) is 27.7 Å². The van der Waals surface area contributed by atoms with Gasteiger partial charge >= 0.3 is 4.87 Å². The molecule has 8 atom stereocenters. The monoisotopic (exact) mass is 670 g/mol. The molecule has 8 unspecified atom stereocenters. The Morgan fingerprint density at radius 2 is 1.69 bits per heavy atom. The summed E-state index contributed by atoms with van der Waals surface area (Å²) in [5.74, 6) is -1.66. The van der Waals surface area contributed by atoms with Crippen molar-refractivity contribution < 1.29 is 32.3 Å². The molecule has 15 heteroatoms. The Hall–Kier alpha value is -3.66. The summed E-state index contributed by atoms with van der Waals surface area (Å²) >= 11 is 2.76. The lowest BCUT2D eigenvalue weighted by Gasteiger charge is -2.43. The maximum absolute atomic E-state index is 14.0. The lowest BCUT2D eigenvalue weighted by Crippen LogP contribution is -2.46. The van der Waals surface area contributed by atoms with Crippen molar-refractivity contribution in [2.45, 2.75) is 40.5 Å². The standard InChI is InChI=1S/C30H30N4O8S3/c1-12(26(35)32-14-5-7-15(8-6-14)45(31,39)40)34-28(36)22-16-11-17(23(22)29(34)37)24-21(16)20(25-27(43-24)33-30(38)44-25)13-4-9-18(41-2)19(10-13)42-3/h4-10,12,16-17,20-24H,11H2,1-3H3,(H,32,35)(H,33,38)(H2,31,39,40). The number of methoxy groups -OCH3 is 2. The van der Waals surface area contributed by atoms with Crippen LogP contribution < -0.4 is 24.8 Å². The van der Waals surface area contributed by atoms with Crippen LogP contribution in [0, 0.1) is 29.6 Å². The van der Waals surface area contributed by atoms with Crippen LogP contribution in [0.1, 0.15) is 29.7 Å². The minimum atomic E-state index is -3.90. The van der Waals surface area contributed by atoms with Crippen LogP contribution in [0.3, 0.4) is 0 Å². The van der Waals surface area contributed by atoms with Crippen molar-refractivity contribution in [1.82, 2.24) is 9.88 Å². The number of anilines is 1. The lowest BCUT2D eigenvalue weighted by molar-refractivity contribution is -0.146. The smallest absolute Gasteiger partial charge is 0.305 e. The number of thiazole rings is 1. The number of rotatable bonds is 7. The summed E-state index contributed by atoms with van der Waals surface area (Å²) in [6.45, 7) is 1.52. The van der Waals surface area contributed by atoms with Gasteiger partial charge in [0.15, 0.2) is 11.5 Å². The third-order valence-corrected chi connectivity index (χ3v) is 13.3. The van der Waals surface area contributed by atoms with Gasteiger partial charge in [0.1, 0.15) is 6.04 Å². The van der Waals surface area contributed by atoms with E-state index in [-0.39, 0.29) is 50.5 Å². The second kappa shape index (κ2) is 10.7. The summed E-state index contributed by atoms with van der Waals surface area (Å²) in [5.41, 5.74) is 1.25. The summed E-state index contributed by atoms with van der Waals surface area (Å²) in [6, 6.07) is 9.97. The maximum Gasteiger partial charge on any atom is 0.305 e. The van der Waals surface area contributed by atoms with E-state index in [0.717, 1.165) is 20.4 Å². The number of amides is 3. The highest BCUT2D eigenvalue weighted by Gasteiger charge is 2.70. The molecule has 4 aliphatic rings. The van der Waals surface area contributed by atoms with Gasteiger partial charge in [-0.3, -0.25) is 24.1 Å². The molecule has 12 nitrogen and oxygen atoms in total. The average Bonchev–Trinajstić information content (AvgIpc) is 3.74. The highest BCUT2D eigenvalue weighted by atomic mass is 32.2. The van der Waals surface area contributed by atoms with E-state index in [2.05, 4.69) is 10.3 Å². The number of imide groups is 1. The Morgan fingerprint density at radius 1 is 1.02 bits per heavy atom. The van der Waals surface area contributed by atoms with Crippen LogP contribution in [0.25, 0.3) is 0 Å². The number of H-pyrrole nitrogens is 1. The van der Waals surface area contributed by atoms with Crippen molar-refractivity contribution in [2.75, 3.05) is 19.5 Å². The molecule has 1 aromatic heterocycles. The Kier molecular flexibility index (Phi) is 7.15. The molecule has 2 aliphatic heterocycles. The van der Waals surface area contributed by atoms with Crippen LogP contribution >= 0.6 is 23.1 Å². The first-order valence-corrected chi connectivity index (χ1v) is 17.6. The fourth-order valence-electron chi connectivity index (χ4n) is 7.93. The normalized spacial score (nSPS) is 28.8. The number of nitrogens with two attached hydrogens (primary N) is 1. The van der Waals surface area contributed by atoms with Crippen molar-refractivity contribution in [2.24, 2.45) is 34.7 Å².